The number of nitrogens with one attached hydrogen (secondary N) is 4. The van der Waals surface area contributed by atoms with Gasteiger partial charge in [-0.1, -0.05) is 24.3 Å². The van der Waals surface area contributed by atoms with Crippen LogP contribution in [0.5, 0.6) is 0 Å². The number of carbonyl (C=O) groups is 4. The third-order valence-corrected chi connectivity index (χ3v) is 7.70. The first-order valence-corrected chi connectivity index (χ1v) is 15.0. The van der Waals surface area contributed by atoms with E-state index in [1.807, 2.05) is 5.32 Å². The molecule has 4 amide bonds. The largest absolute Gasteiger partial charge is 0.453 e. The summed E-state index contributed by atoms with van der Waals surface area (Å²) < 4.78 is 117. The van der Waals surface area contributed by atoms with Gasteiger partial charge in [-0.15, -0.1) is 0 Å². The Labute approximate surface area is 293 Å². The highest BCUT2D eigenvalue weighted by Gasteiger charge is 2.57. The summed E-state index contributed by atoms with van der Waals surface area (Å²) in [5.41, 5.74) is 2.60. The number of nitrogens with zero attached hydrogens (tertiary/aromatic N) is 2. The molecule has 22 heteroatoms. The van der Waals surface area contributed by atoms with Crippen molar-refractivity contribution in [1.29, 1.82) is 0 Å². The summed E-state index contributed by atoms with van der Waals surface area (Å²) >= 11 is 0. The molecule has 0 fully saturated rings. The second-order valence-electron chi connectivity index (χ2n) is 12.2. The number of aliphatic hydroxyl groups excluding tert-OH is 1. The molecule has 0 saturated carbocycles. The van der Waals surface area contributed by atoms with Crippen molar-refractivity contribution in [2.75, 3.05) is 27.3 Å². The number of allylic oxidation sites excluding steroid dienone is 1. The minimum absolute atomic E-state index is 0.0861. The molecule has 0 heterocycles. The van der Waals surface area contributed by atoms with Crippen LogP contribution in [0.1, 0.15) is 38.8 Å². The number of carbonyl (C=O) groups excluding carboxylic acids is 4. The van der Waals surface area contributed by atoms with Gasteiger partial charge in [0.15, 0.2) is 0 Å². The summed E-state index contributed by atoms with van der Waals surface area (Å²) in [5, 5.41) is 17.3. The Balaban J connectivity index is 3.44. The Kier molecular flexibility index (Phi) is 16.3. The number of ether oxygens (including phenoxy) is 2. The third kappa shape index (κ3) is 12.8. The first-order valence-electron chi connectivity index (χ1n) is 15.0. The molecule has 0 spiro atoms. The number of halogens is 8. The number of hydrogen-bond acceptors (Lipinski definition) is 10. The van der Waals surface area contributed by atoms with Crippen LogP contribution in [0.4, 0.5) is 44.7 Å². The zero-order chi connectivity index (χ0) is 40.2. The van der Waals surface area contributed by atoms with Crippen LogP contribution in [-0.4, -0.2) is 105 Å². The van der Waals surface area contributed by atoms with Gasteiger partial charge in [0.2, 0.25) is 5.91 Å². The minimum Gasteiger partial charge on any atom is -0.453 e. The quantitative estimate of drug-likeness (QED) is 0.0634. The number of aliphatic imine (C=N–C) groups is 1. The Hall–Kier alpha value is -4.73. The van der Waals surface area contributed by atoms with Crippen LogP contribution in [0.3, 0.4) is 0 Å². The highest BCUT2D eigenvalue weighted by Crippen LogP contribution is 2.41. The minimum atomic E-state index is -5.05. The summed E-state index contributed by atoms with van der Waals surface area (Å²) in [6.45, 7) is -2.40. The SMILES string of the molecule is COC(=O)NC(C(=O)NC[C@@H](O)CN(Cc1ccc(C(C=NC(F)F)=CN)cc1)NC(=O)[C@@H](NC(=O)OC)C(C)(C)C(F)(F)F)C(C)(C)C(F)(F)F. The smallest absolute Gasteiger partial charge is 0.407 e. The molecule has 1 unspecified atom stereocenters. The zero-order valence-electron chi connectivity index (χ0n) is 28.8. The fraction of sp³-hybridized carbons (Fsp3) is 0.567. The molecule has 52 heavy (non-hydrogen) atoms. The monoisotopic (exact) mass is 763 g/mol. The van der Waals surface area contributed by atoms with E-state index in [0.29, 0.717) is 38.8 Å². The molecule has 0 bridgehead atoms. The second kappa shape index (κ2) is 18.7. The van der Waals surface area contributed by atoms with E-state index in [9.17, 15) is 59.4 Å². The van der Waals surface area contributed by atoms with E-state index in [4.69, 9.17) is 5.73 Å². The Morgan fingerprint density at radius 1 is 0.865 bits per heavy atom. The van der Waals surface area contributed by atoms with Gasteiger partial charge in [-0.25, -0.2) is 19.6 Å². The van der Waals surface area contributed by atoms with Crippen molar-refractivity contribution in [2.45, 2.75) is 71.3 Å². The summed E-state index contributed by atoms with van der Waals surface area (Å²) in [7, 11) is 1.69. The number of amides is 4. The van der Waals surface area contributed by atoms with Crippen molar-refractivity contribution in [1.82, 2.24) is 26.4 Å². The molecule has 0 saturated heterocycles. The molecule has 1 aromatic carbocycles. The number of hydrazine groups is 1. The van der Waals surface area contributed by atoms with Crippen LogP contribution < -0.4 is 27.1 Å². The summed E-state index contributed by atoms with van der Waals surface area (Å²) in [6, 6.07) is 1.02. The molecule has 0 radical (unpaired) electrons. The molecule has 294 valence electrons. The number of alkyl halides is 8. The number of benzene rings is 1. The number of alkyl carbamates (subject to hydrolysis) is 2. The molecular formula is C30H41F8N7O7. The lowest BCUT2D eigenvalue weighted by atomic mass is 9.83. The third-order valence-electron chi connectivity index (χ3n) is 7.70. The first-order chi connectivity index (χ1) is 23.8. The highest BCUT2D eigenvalue weighted by molar-refractivity contribution is 6.09. The Morgan fingerprint density at radius 2 is 1.33 bits per heavy atom. The maximum absolute atomic E-state index is 14.0. The van der Waals surface area contributed by atoms with Gasteiger partial charge in [-0.3, -0.25) is 15.0 Å². The lowest BCUT2D eigenvalue weighted by Crippen LogP contribution is -2.62. The van der Waals surface area contributed by atoms with E-state index >= 15 is 0 Å². The maximum Gasteiger partial charge on any atom is 0.407 e. The van der Waals surface area contributed by atoms with Crippen molar-refractivity contribution >= 4 is 35.8 Å². The number of aliphatic hydroxyl groups is 1. The molecular weight excluding hydrogens is 722 g/mol. The van der Waals surface area contributed by atoms with Crippen LogP contribution in [0, 0.1) is 10.8 Å². The number of hydrogen-bond donors (Lipinski definition) is 6. The van der Waals surface area contributed by atoms with Gasteiger partial charge in [0.1, 0.15) is 12.1 Å². The van der Waals surface area contributed by atoms with Crippen molar-refractivity contribution in [3.05, 3.63) is 41.6 Å². The van der Waals surface area contributed by atoms with Crippen LogP contribution in [-0.2, 0) is 25.6 Å². The molecule has 14 nitrogen and oxygen atoms in total. The zero-order valence-corrected chi connectivity index (χ0v) is 28.8. The number of methoxy groups -OCH3 is 2. The molecule has 0 aromatic heterocycles. The van der Waals surface area contributed by atoms with Crippen molar-refractivity contribution in [3.8, 4) is 0 Å². The van der Waals surface area contributed by atoms with Gasteiger partial charge >= 0.3 is 31.1 Å². The molecule has 1 rings (SSSR count). The predicted molar refractivity (Wildman–Crippen MR) is 169 cm³/mol. The standard InChI is InChI=1S/C30H41F8N7O7/c1-27(2,29(33,34)35)20(42-25(49)51-5)22(47)40-13-19(46)15-45(14-16-7-9-17(10-8-16)18(11-39)12-41-24(31)32)44-23(48)21(43-26(50)52-6)28(3,4)30(36,37)38/h7-12,19-21,24,46H,13-15,39H2,1-6H3,(H,40,47)(H,42,49)(H,43,50)(H,44,48)/t19-,20?,21-/m1/s1. The van der Waals surface area contributed by atoms with E-state index in [1.165, 1.54) is 24.3 Å². The fourth-order valence-corrected chi connectivity index (χ4v) is 4.21. The summed E-state index contributed by atoms with van der Waals surface area (Å²) in [4.78, 5) is 52.8. The lowest BCUT2D eigenvalue weighted by Gasteiger charge is -2.37. The van der Waals surface area contributed by atoms with Gasteiger partial charge in [-0.05, 0) is 38.8 Å². The van der Waals surface area contributed by atoms with Crippen LogP contribution in [0.25, 0.3) is 5.57 Å². The van der Waals surface area contributed by atoms with E-state index < -0.39 is 91.6 Å². The van der Waals surface area contributed by atoms with Crippen molar-refractivity contribution in [2.24, 2.45) is 21.6 Å². The summed E-state index contributed by atoms with van der Waals surface area (Å²) in [6.07, 6.45) is -12.8. The van der Waals surface area contributed by atoms with E-state index in [0.717, 1.165) is 31.6 Å². The van der Waals surface area contributed by atoms with Gasteiger partial charge in [0.25, 0.3) is 5.91 Å². The molecule has 0 aliphatic carbocycles. The van der Waals surface area contributed by atoms with Crippen LogP contribution >= 0.6 is 0 Å². The number of nitrogens with two attached hydrogens (primary N) is 1. The Bertz CT molecular complexity index is 1440. The van der Waals surface area contributed by atoms with E-state index in [1.54, 1.807) is 5.32 Å². The topological polar surface area (TPSA) is 197 Å². The highest BCUT2D eigenvalue weighted by atomic mass is 19.4. The predicted octanol–water partition coefficient (Wildman–Crippen LogP) is 3.22. The fourth-order valence-electron chi connectivity index (χ4n) is 4.21. The molecule has 3 atom stereocenters. The van der Waals surface area contributed by atoms with E-state index in [2.05, 4.69) is 25.2 Å². The van der Waals surface area contributed by atoms with Crippen molar-refractivity contribution < 1.29 is 68.9 Å². The molecule has 1 aromatic rings. The van der Waals surface area contributed by atoms with Gasteiger partial charge < -0.3 is 36.3 Å². The molecule has 0 aliphatic rings. The van der Waals surface area contributed by atoms with E-state index in [-0.39, 0.29) is 5.57 Å². The average Bonchev–Trinajstić information content (AvgIpc) is 3.04. The van der Waals surface area contributed by atoms with Gasteiger partial charge in [-0.2, -0.15) is 35.1 Å². The maximum atomic E-state index is 14.0. The van der Waals surface area contributed by atoms with Crippen LogP contribution in [0.15, 0.2) is 35.5 Å². The van der Waals surface area contributed by atoms with Gasteiger partial charge in [0.05, 0.1) is 31.2 Å². The molecule has 7 N–H and O–H groups in total. The first kappa shape index (κ1) is 45.3. The van der Waals surface area contributed by atoms with Crippen LogP contribution in [0.2, 0.25) is 0 Å². The normalized spacial score (nSPS) is 14.8. The second-order valence-corrected chi connectivity index (χ2v) is 12.2. The Morgan fingerprint density at radius 3 is 1.73 bits per heavy atom. The molecule has 0 aliphatic heterocycles. The average molecular weight is 764 g/mol. The van der Waals surface area contributed by atoms with Gasteiger partial charge in [0, 0.05) is 37.6 Å². The lowest BCUT2D eigenvalue weighted by molar-refractivity contribution is -0.221. The summed E-state index contributed by atoms with van der Waals surface area (Å²) in [5.74, 6) is -2.84. The number of rotatable bonds is 16. The van der Waals surface area contributed by atoms with Crippen molar-refractivity contribution in [3.63, 3.8) is 0 Å².